The first kappa shape index (κ1) is 15.3. The lowest BCUT2D eigenvalue weighted by molar-refractivity contribution is -0.0227. The van der Waals surface area contributed by atoms with Gasteiger partial charge in [0.25, 0.3) is 0 Å². The lowest BCUT2D eigenvalue weighted by Gasteiger charge is -2.37. The summed E-state index contributed by atoms with van der Waals surface area (Å²) in [6.07, 6.45) is 6.25. The fraction of sp³-hybridized carbons (Fsp3) is 0.647. The molecule has 20 heavy (non-hydrogen) atoms. The number of nitrogens with zero attached hydrogens (tertiary/aromatic N) is 1. The molecule has 0 radical (unpaired) electrons. The quantitative estimate of drug-likeness (QED) is 0.895. The second-order valence-corrected chi connectivity index (χ2v) is 6.24. The molecule has 0 spiro atoms. The average molecular weight is 277 g/mol. The van der Waals surface area contributed by atoms with Crippen LogP contribution in [0.1, 0.15) is 50.1 Å². The first-order valence-electron chi connectivity index (χ1n) is 7.57. The highest BCUT2D eigenvalue weighted by molar-refractivity contribution is 5.29. The van der Waals surface area contributed by atoms with Crippen LogP contribution in [0.4, 0.5) is 0 Å². The van der Waals surface area contributed by atoms with Gasteiger partial charge in [0.1, 0.15) is 5.75 Å². The molecule has 1 unspecified atom stereocenters. The summed E-state index contributed by atoms with van der Waals surface area (Å²) in [6, 6.07) is 8.46. The van der Waals surface area contributed by atoms with Gasteiger partial charge in [0.05, 0.1) is 12.7 Å². The summed E-state index contributed by atoms with van der Waals surface area (Å²) in [5, 5.41) is 10.8. The SMILES string of the molecule is COc1ccc(C(CC2(O)CCCCC2)N(C)C)cc1. The molecule has 2 rings (SSSR count). The molecule has 0 heterocycles. The van der Waals surface area contributed by atoms with Crippen LogP contribution in [-0.2, 0) is 0 Å². The molecule has 3 heteroatoms. The van der Waals surface area contributed by atoms with Crippen LogP contribution in [0.15, 0.2) is 24.3 Å². The predicted octanol–water partition coefficient (Wildman–Crippen LogP) is 3.38. The molecule has 1 fully saturated rings. The summed E-state index contributed by atoms with van der Waals surface area (Å²) in [5.41, 5.74) is 0.752. The van der Waals surface area contributed by atoms with E-state index in [9.17, 15) is 5.11 Å². The molecule has 0 aliphatic heterocycles. The van der Waals surface area contributed by atoms with E-state index in [0.29, 0.717) is 0 Å². The molecule has 112 valence electrons. The zero-order chi connectivity index (χ0) is 14.6. The number of rotatable bonds is 5. The Morgan fingerprint density at radius 1 is 1.15 bits per heavy atom. The standard InChI is InChI=1S/C17H27NO2/c1-18(2)16(13-17(19)11-5-4-6-12-17)14-7-9-15(20-3)10-8-14/h7-10,16,19H,4-6,11-13H2,1-3H3. The summed E-state index contributed by atoms with van der Waals surface area (Å²) >= 11 is 0. The molecule has 1 aliphatic carbocycles. The molecule has 1 saturated carbocycles. The van der Waals surface area contributed by atoms with Crippen LogP contribution in [-0.4, -0.2) is 36.8 Å². The van der Waals surface area contributed by atoms with E-state index in [4.69, 9.17) is 4.74 Å². The largest absolute Gasteiger partial charge is 0.497 e. The molecule has 1 aromatic carbocycles. The van der Waals surface area contributed by atoms with E-state index in [1.807, 2.05) is 12.1 Å². The van der Waals surface area contributed by atoms with Crippen LogP contribution in [0, 0.1) is 0 Å². The monoisotopic (exact) mass is 277 g/mol. The van der Waals surface area contributed by atoms with Gasteiger partial charge in [0, 0.05) is 6.04 Å². The van der Waals surface area contributed by atoms with E-state index in [0.717, 1.165) is 37.9 Å². The Morgan fingerprint density at radius 2 is 1.75 bits per heavy atom. The van der Waals surface area contributed by atoms with Crippen LogP contribution in [0.3, 0.4) is 0 Å². The maximum atomic E-state index is 10.8. The summed E-state index contributed by atoms with van der Waals surface area (Å²) in [5.74, 6) is 0.877. The molecule has 0 amide bonds. The Labute approximate surface area is 122 Å². The first-order valence-corrected chi connectivity index (χ1v) is 7.57. The van der Waals surface area contributed by atoms with Gasteiger partial charge in [-0.1, -0.05) is 31.4 Å². The Morgan fingerprint density at radius 3 is 2.25 bits per heavy atom. The molecule has 3 nitrogen and oxygen atoms in total. The molecule has 0 aromatic heterocycles. The summed E-state index contributed by atoms with van der Waals surface area (Å²) in [7, 11) is 5.85. The van der Waals surface area contributed by atoms with E-state index < -0.39 is 5.60 Å². The highest BCUT2D eigenvalue weighted by Gasteiger charge is 2.33. The molecule has 1 atom stereocenters. The Bertz CT molecular complexity index is 408. The lowest BCUT2D eigenvalue weighted by Crippen LogP contribution is -2.36. The van der Waals surface area contributed by atoms with Crippen molar-refractivity contribution >= 4 is 0 Å². The number of hydrogen-bond donors (Lipinski definition) is 1. The molecule has 1 aromatic rings. The van der Waals surface area contributed by atoms with E-state index in [2.05, 4.69) is 31.1 Å². The Balaban J connectivity index is 2.13. The average Bonchev–Trinajstić information content (AvgIpc) is 2.45. The normalized spacial score (nSPS) is 19.9. The van der Waals surface area contributed by atoms with E-state index in [-0.39, 0.29) is 6.04 Å². The van der Waals surface area contributed by atoms with Crippen LogP contribution < -0.4 is 4.74 Å². The maximum absolute atomic E-state index is 10.8. The maximum Gasteiger partial charge on any atom is 0.118 e. The van der Waals surface area contributed by atoms with Crippen molar-refractivity contribution in [2.24, 2.45) is 0 Å². The van der Waals surface area contributed by atoms with Gasteiger partial charge in [-0.15, -0.1) is 0 Å². The van der Waals surface area contributed by atoms with Gasteiger partial charge in [-0.2, -0.15) is 0 Å². The summed E-state index contributed by atoms with van der Waals surface area (Å²) in [6.45, 7) is 0. The summed E-state index contributed by atoms with van der Waals surface area (Å²) < 4.78 is 5.22. The lowest BCUT2D eigenvalue weighted by atomic mass is 9.79. The third-order valence-corrected chi connectivity index (χ3v) is 4.48. The fourth-order valence-electron chi connectivity index (χ4n) is 3.20. The highest BCUT2D eigenvalue weighted by atomic mass is 16.5. The third kappa shape index (κ3) is 3.74. The fourth-order valence-corrected chi connectivity index (χ4v) is 3.20. The minimum absolute atomic E-state index is 0.254. The van der Waals surface area contributed by atoms with Crippen molar-refractivity contribution in [1.82, 2.24) is 4.90 Å². The van der Waals surface area contributed by atoms with E-state index >= 15 is 0 Å². The van der Waals surface area contributed by atoms with Crippen molar-refractivity contribution in [3.63, 3.8) is 0 Å². The van der Waals surface area contributed by atoms with Gasteiger partial charge in [-0.25, -0.2) is 0 Å². The van der Waals surface area contributed by atoms with Gasteiger partial charge >= 0.3 is 0 Å². The molecular formula is C17H27NO2. The first-order chi connectivity index (χ1) is 9.54. The molecule has 1 N–H and O–H groups in total. The van der Waals surface area contributed by atoms with Gasteiger partial charge < -0.3 is 14.7 Å². The third-order valence-electron chi connectivity index (χ3n) is 4.48. The van der Waals surface area contributed by atoms with Crippen molar-refractivity contribution in [3.05, 3.63) is 29.8 Å². The van der Waals surface area contributed by atoms with Crippen molar-refractivity contribution in [2.75, 3.05) is 21.2 Å². The van der Waals surface area contributed by atoms with Gasteiger partial charge in [0.15, 0.2) is 0 Å². The number of aliphatic hydroxyl groups is 1. The second kappa shape index (κ2) is 6.59. The number of ether oxygens (including phenoxy) is 1. The van der Waals surface area contributed by atoms with Crippen molar-refractivity contribution in [2.45, 2.75) is 50.2 Å². The van der Waals surface area contributed by atoms with Crippen LogP contribution in [0.25, 0.3) is 0 Å². The zero-order valence-electron chi connectivity index (χ0n) is 12.9. The smallest absolute Gasteiger partial charge is 0.118 e. The van der Waals surface area contributed by atoms with Crippen LogP contribution in [0.2, 0.25) is 0 Å². The van der Waals surface area contributed by atoms with Crippen LogP contribution in [0.5, 0.6) is 5.75 Å². The zero-order valence-corrected chi connectivity index (χ0v) is 12.9. The van der Waals surface area contributed by atoms with E-state index in [1.54, 1.807) is 7.11 Å². The Kier molecular flexibility index (Phi) is 5.06. The topological polar surface area (TPSA) is 32.7 Å². The number of methoxy groups -OCH3 is 1. The van der Waals surface area contributed by atoms with E-state index in [1.165, 1.54) is 12.0 Å². The second-order valence-electron chi connectivity index (χ2n) is 6.24. The number of benzene rings is 1. The van der Waals surface area contributed by atoms with Crippen molar-refractivity contribution in [1.29, 1.82) is 0 Å². The highest BCUT2D eigenvalue weighted by Crippen LogP contribution is 2.37. The van der Waals surface area contributed by atoms with Gasteiger partial charge in [-0.3, -0.25) is 0 Å². The van der Waals surface area contributed by atoms with Crippen molar-refractivity contribution < 1.29 is 9.84 Å². The van der Waals surface area contributed by atoms with Crippen LogP contribution >= 0.6 is 0 Å². The summed E-state index contributed by atoms with van der Waals surface area (Å²) in [4.78, 5) is 2.20. The molecule has 1 aliphatic rings. The van der Waals surface area contributed by atoms with Gasteiger partial charge in [0.2, 0.25) is 0 Å². The molecule has 0 saturated heterocycles. The molecular weight excluding hydrogens is 250 g/mol. The molecule has 0 bridgehead atoms. The minimum Gasteiger partial charge on any atom is -0.497 e. The Hall–Kier alpha value is -1.06. The van der Waals surface area contributed by atoms with Crippen molar-refractivity contribution in [3.8, 4) is 5.75 Å². The minimum atomic E-state index is -0.493. The number of hydrogen-bond acceptors (Lipinski definition) is 3. The van der Waals surface area contributed by atoms with Gasteiger partial charge in [-0.05, 0) is 51.1 Å². The predicted molar refractivity (Wildman–Crippen MR) is 82.1 cm³/mol.